The molecule has 3 rings (SSSR count). The Balaban J connectivity index is 1.86. The Kier molecular flexibility index (Phi) is 5.83. The Bertz CT molecular complexity index is 937. The van der Waals surface area contributed by atoms with Crippen molar-refractivity contribution >= 4 is 17.3 Å². The summed E-state index contributed by atoms with van der Waals surface area (Å²) in [7, 11) is 1.56. The number of carbonyl (C=O) groups is 2. The summed E-state index contributed by atoms with van der Waals surface area (Å²) < 4.78 is 6.56. The summed E-state index contributed by atoms with van der Waals surface area (Å²) in [5.41, 5.74) is 1.78. The van der Waals surface area contributed by atoms with Crippen molar-refractivity contribution in [2.45, 2.75) is 13.0 Å². The first-order chi connectivity index (χ1) is 13.1. The Hall–Kier alpha value is -3.19. The van der Waals surface area contributed by atoms with Crippen LogP contribution in [0.4, 0.5) is 0 Å². The van der Waals surface area contributed by atoms with E-state index in [0.717, 1.165) is 5.56 Å². The van der Waals surface area contributed by atoms with Gasteiger partial charge in [0.2, 0.25) is 5.82 Å². The van der Waals surface area contributed by atoms with E-state index >= 15 is 0 Å². The maximum Gasteiger partial charge on any atom is 0.288 e. The van der Waals surface area contributed by atoms with E-state index in [2.05, 4.69) is 15.6 Å². The van der Waals surface area contributed by atoms with Gasteiger partial charge in [-0.1, -0.05) is 36.4 Å². The van der Waals surface area contributed by atoms with E-state index in [0.29, 0.717) is 18.7 Å². The van der Waals surface area contributed by atoms with Crippen molar-refractivity contribution in [1.29, 1.82) is 0 Å². The molecule has 0 radical (unpaired) electrons. The van der Waals surface area contributed by atoms with E-state index in [1.165, 1.54) is 0 Å². The average molecular weight is 366 g/mol. The van der Waals surface area contributed by atoms with E-state index < -0.39 is 0 Å². The summed E-state index contributed by atoms with van der Waals surface area (Å²) in [6.07, 6.45) is 1.72. The minimum atomic E-state index is -0.344. The van der Waals surface area contributed by atoms with Crippen molar-refractivity contribution in [3.8, 4) is 0 Å². The minimum absolute atomic E-state index is 0.172. The van der Waals surface area contributed by atoms with E-state index in [-0.39, 0.29) is 29.4 Å². The van der Waals surface area contributed by atoms with Gasteiger partial charge < -0.3 is 15.4 Å². The lowest BCUT2D eigenvalue weighted by atomic mass is 10.1. The Morgan fingerprint density at radius 1 is 1.11 bits per heavy atom. The summed E-state index contributed by atoms with van der Waals surface area (Å²) in [4.78, 5) is 29.5. The largest absolute Gasteiger partial charge is 0.383 e. The number of hydrogen-bond donors (Lipinski definition) is 2. The number of nitrogens with one attached hydrogen (secondary N) is 2. The van der Waals surface area contributed by atoms with E-state index in [9.17, 15) is 9.59 Å². The quantitative estimate of drug-likeness (QED) is 0.628. The molecule has 7 nitrogen and oxygen atoms in total. The molecule has 3 aromatic rings. The lowest BCUT2D eigenvalue weighted by Crippen LogP contribution is -2.29. The van der Waals surface area contributed by atoms with Crippen LogP contribution in [0.15, 0.2) is 54.7 Å². The first kappa shape index (κ1) is 18.6. The molecule has 0 aliphatic carbocycles. The van der Waals surface area contributed by atoms with Gasteiger partial charge in [-0.25, -0.2) is 4.98 Å². The lowest BCUT2D eigenvalue weighted by molar-refractivity contribution is 0.0928. The molecule has 2 N–H and O–H groups in total. The first-order valence-electron chi connectivity index (χ1n) is 8.72. The molecule has 2 aromatic heterocycles. The molecule has 0 bridgehead atoms. The van der Waals surface area contributed by atoms with Crippen molar-refractivity contribution in [1.82, 2.24) is 20.0 Å². The predicted molar refractivity (Wildman–Crippen MR) is 102 cm³/mol. The van der Waals surface area contributed by atoms with Gasteiger partial charge in [0.15, 0.2) is 5.69 Å². The summed E-state index contributed by atoms with van der Waals surface area (Å²) in [5.74, 6) is -0.514. The first-order valence-corrected chi connectivity index (χ1v) is 8.72. The molecule has 140 valence electrons. The molecule has 0 aliphatic heterocycles. The zero-order valence-corrected chi connectivity index (χ0v) is 15.3. The van der Waals surface area contributed by atoms with Crippen LogP contribution in [0.2, 0.25) is 0 Å². The van der Waals surface area contributed by atoms with Gasteiger partial charge in [0.25, 0.3) is 11.8 Å². The van der Waals surface area contributed by atoms with Crippen LogP contribution in [0.3, 0.4) is 0 Å². The monoisotopic (exact) mass is 366 g/mol. The molecule has 0 aliphatic rings. The molecule has 0 saturated carbocycles. The molecule has 2 heterocycles. The highest BCUT2D eigenvalue weighted by molar-refractivity contribution is 6.02. The number of fused-ring (bicyclic) bond motifs is 1. The molecular formula is C20H22N4O3. The van der Waals surface area contributed by atoms with Crippen LogP contribution in [-0.4, -0.2) is 41.5 Å². The van der Waals surface area contributed by atoms with Crippen LogP contribution in [0.5, 0.6) is 0 Å². The smallest absolute Gasteiger partial charge is 0.288 e. The fraction of sp³-hybridized carbons (Fsp3) is 0.250. The van der Waals surface area contributed by atoms with Crippen LogP contribution in [0, 0.1) is 0 Å². The second-order valence-corrected chi connectivity index (χ2v) is 6.09. The highest BCUT2D eigenvalue weighted by Crippen LogP contribution is 2.16. The average Bonchev–Trinajstić information content (AvgIpc) is 3.09. The van der Waals surface area contributed by atoms with Gasteiger partial charge in [-0.3, -0.25) is 14.0 Å². The van der Waals surface area contributed by atoms with Crippen LogP contribution in [0.25, 0.3) is 5.52 Å². The van der Waals surface area contributed by atoms with Gasteiger partial charge in [0, 0.05) is 19.9 Å². The highest BCUT2D eigenvalue weighted by Gasteiger charge is 2.22. The van der Waals surface area contributed by atoms with Crippen molar-refractivity contribution in [2.24, 2.45) is 0 Å². The van der Waals surface area contributed by atoms with Crippen LogP contribution in [0.1, 0.15) is 39.6 Å². The number of methoxy groups -OCH3 is 1. The number of ether oxygens (including phenoxy) is 1. The fourth-order valence-corrected chi connectivity index (χ4v) is 2.80. The number of rotatable bonds is 7. The SMILES string of the molecule is COCCNC(=O)c1nc(C(=O)NC(C)c2ccccc2)n2ccccc12. The summed E-state index contributed by atoms with van der Waals surface area (Å²) in [6.45, 7) is 2.68. The van der Waals surface area contributed by atoms with Gasteiger partial charge in [0.1, 0.15) is 0 Å². The number of aromatic nitrogens is 2. The van der Waals surface area contributed by atoms with Crippen molar-refractivity contribution in [3.05, 3.63) is 71.8 Å². The normalized spacial score (nSPS) is 11.9. The molecule has 0 fully saturated rings. The fourth-order valence-electron chi connectivity index (χ4n) is 2.80. The maximum absolute atomic E-state index is 12.8. The molecule has 1 aromatic carbocycles. The summed E-state index contributed by atoms with van der Waals surface area (Å²) in [5, 5.41) is 5.67. The van der Waals surface area contributed by atoms with E-state index in [4.69, 9.17) is 4.74 Å². The molecule has 2 amide bonds. The van der Waals surface area contributed by atoms with Gasteiger partial charge >= 0.3 is 0 Å². The molecule has 1 unspecified atom stereocenters. The van der Waals surface area contributed by atoms with Gasteiger partial charge in [-0.15, -0.1) is 0 Å². The third-order valence-corrected chi connectivity index (χ3v) is 4.21. The number of amides is 2. The Labute approximate surface area is 157 Å². The Morgan fingerprint density at radius 3 is 2.59 bits per heavy atom. The number of benzene rings is 1. The highest BCUT2D eigenvalue weighted by atomic mass is 16.5. The van der Waals surface area contributed by atoms with Crippen LogP contribution in [-0.2, 0) is 4.74 Å². The molecule has 7 heteroatoms. The van der Waals surface area contributed by atoms with E-state index in [1.54, 1.807) is 35.9 Å². The second kappa shape index (κ2) is 8.46. The number of imidazole rings is 1. The minimum Gasteiger partial charge on any atom is -0.383 e. The molecule has 27 heavy (non-hydrogen) atoms. The third-order valence-electron chi connectivity index (χ3n) is 4.21. The lowest BCUT2D eigenvalue weighted by Gasteiger charge is -2.13. The molecule has 0 spiro atoms. The second-order valence-electron chi connectivity index (χ2n) is 6.09. The van der Waals surface area contributed by atoms with Crippen molar-refractivity contribution in [2.75, 3.05) is 20.3 Å². The van der Waals surface area contributed by atoms with Crippen molar-refractivity contribution < 1.29 is 14.3 Å². The maximum atomic E-state index is 12.8. The predicted octanol–water partition coefficient (Wildman–Crippen LogP) is 2.20. The molecular weight excluding hydrogens is 344 g/mol. The molecule has 1 atom stereocenters. The zero-order chi connectivity index (χ0) is 19.2. The van der Waals surface area contributed by atoms with Gasteiger partial charge in [0.05, 0.1) is 18.2 Å². The third kappa shape index (κ3) is 4.15. The van der Waals surface area contributed by atoms with Crippen molar-refractivity contribution in [3.63, 3.8) is 0 Å². The summed E-state index contributed by atoms with van der Waals surface area (Å²) >= 11 is 0. The summed E-state index contributed by atoms with van der Waals surface area (Å²) in [6, 6.07) is 14.8. The van der Waals surface area contributed by atoms with Crippen LogP contribution >= 0.6 is 0 Å². The van der Waals surface area contributed by atoms with E-state index in [1.807, 2.05) is 37.3 Å². The van der Waals surface area contributed by atoms with Gasteiger partial charge in [-0.05, 0) is 24.6 Å². The Morgan fingerprint density at radius 2 is 1.85 bits per heavy atom. The topological polar surface area (TPSA) is 84.7 Å². The van der Waals surface area contributed by atoms with Crippen LogP contribution < -0.4 is 10.6 Å². The number of hydrogen-bond acceptors (Lipinski definition) is 4. The zero-order valence-electron chi connectivity index (χ0n) is 15.3. The number of carbonyl (C=O) groups excluding carboxylic acids is 2. The van der Waals surface area contributed by atoms with Gasteiger partial charge in [-0.2, -0.15) is 0 Å². The standard InChI is InChI=1S/C20H22N4O3/c1-14(15-8-4-3-5-9-15)22-20(26)18-23-17(19(25)21-11-13-27-2)16-10-6-7-12-24(16)18/h3-10,12,14H,11,13H2,1-2H3,(H,21,25)(H,22,26). The number of nitrogens with zero attached hydrogens (tertiary/aromatic N) is 2. The molecule has 0 saturated heterocycles. The number of pyridine rings is 1.